The summed E-state index contributed by atoms with van der Waals surface area (Å²) in [4.78, 5) is 29.6. The number of benzene rings is 2. The van der Waals surface area contributed by atoms with Gasteiger partial charge in [-0.25, -0.2) is 0 Å². The van der Waals surface area contributed by atoms with Crippen LogP contribution in [0.15, 0.2) is 54.6 Å². The third-order valence-electron chi connectivity index (χ3n) is 7.62. The average molecular weight is 550 g/mol. The maximum Gasteiger partial charge on any atom is 0.387 e. The van der Waals surface area contributed by atoms with Gasteiger partial charge in [-0.1, -0.05) is 56.3 Å². The molecule has 2 aliphatic rings. The molecule has 2 aliphatic heterocycles. The summed E-state index contributed by atoms with van der Waals surface area (Å²) in [7, 11) is 0. The van der Waals surface area contributed by atoms with Crippen LogP contribution < -0.4 is 10.1 Å². The molecule has 0 unspecified atom stereocenters. The van der Waals surface area contributed by atoms with E-state index < -0.39 is 6.61 Å². The van der Waals surface area contributed by atoms with Crippen molar-refractivity contribution in [3.63, 3.8) is 0 Å². The van der Waals surface area contributed by atoms with Crippen molar-refractivity contribution in [2.75, 3.05) is 26.2 Å². The lowest BCUT2D eigenvalue weighted by Gasteiger charge is -2.39. The molecule has 1 spiro atoms. The zero-order chi connectivity index (χ0) is 26.4. The van der Waals surface area contributed by atoms with Gasteiger partial charge >= 0.3 is 6.61 Å². The fourth-order valence-electron chi connectivity index (χ4n) is 5.37. The molecule has 2 fully saturated rings. The van der Waals surface area contributed by atoms with Crippen molar-refractivity contribution in [2.45, 2.75) is 58.7 Å². The van der Waals surface area contributed by atoms with Gasteiger partial charge in [0.25, 0.3) is 0 Å². The van der Waals surface area contributed by atoms with Crippen LogP contribution in [-0.2, 0) is 16.1 Å². The van der Waals surface area contributed by atoms with E-state index in [-0.39, 0.29) is 47.3 Å². The number of nitrogens with zero attached hydrogens (tertiary/aromatic N) is 2. The SMILES string of the molecule is CC(C)C(=O)N[C@@H](CCN1CCC2(CC1)CC(=O)N(Cc1ccc(OC(F)F)cc1)C2)c1ccccc1.Cl. The average Bonchev–Trinajstić information content (AvgIpc) is 3.18. The van der Waals surface area contributed by atoms with Crippen LogP contribution in [0.1, 0.15) is 56.7 Å². The number of carbonyl (C=O) groups is 2. The molecule has 0 aliphatic carbocycles. The van der Waals surface area contributed by atoms with Crippen LogP contribution in [0.25, 0.3) is 0 Å². The molecule has 2 aromatic carbocycles. The number of rotatable bonds is 10. The summed E-state index contributed by atoms with van der Waals surface area (Å²) in [5.74, 6) is 0.274. The molecule has 1 atom stereocenters. The highest BCUT2D eigenvalue weighted by atomic mass is 35.5. The van der Waals surface area contributed by atoms with Crippen LogP contribution in [-0.4, -0.2) is 54.4 Å². The lowest BCUT2D eigenvalue weighted by Crippen LogP contribution is -2.43. The molecular formula is C29H38ClF2N3O3. The predicted octanol–water partition coefficient (Wildman–Crippen LogP) is 5.43. The molecule has 2 amide bonds. The molecule has 6 nitrogen and oxygen atoms in total. The Balaban J connectivity index is 0.00000400. The van der Waals surface area contributed by atoms with E-state index in [2.05, 4.69) is 27.1 Å². The first-order chi connectivity index (χ1) is 17.7. The zero-order valence-corrected chi connectivity index (χ0v) is 22.9. The van der Waals surface area contributed by atoms with Gasteiger partial charge in [0.1, 0.15) is 5.75 Å². The Labute approximate surface area is 230 Å². The third-order valence-corrected chi connectivity index (χ3v) is 7.62. The van der Waals surface area contributed by atoms with Crippen LogP contribution in [0.4, 0.5) is 8.78 Å². The van der Waals surface area contributed by atoms with Crippen LogP contribution >= 0.6 is 12.4 Å². The first-order valence-electron chi connectivity index (χ1n) is 13.1. The number of halogens is 3. The second-order valence-electron chi connectivity index (χ2n) is 10.7. The molecule has 2 heterocycles. The number of likely N-dealkylation sites (tertiary alicyclic amines) is 2. The fraction of sp³-hybridized carbons (Fsp3) is 0.517. The summed E-state index contributed by atoms with van der Waals surface area (Å²) in [5, 5.41) is 3.21. The number of amides is 2. The van der Waals surface area contributed by atoms with Crippen molar-refractivity contribution in [3.05, 3.63) is 65.7 Å². The number of alkyl halides is 2. The number of piperidine rings is 1. The summed E-state index contributed by atoms with van der Waals surface area (Å²) in [6.45, 7) is 4.92. The van der Waals surface area contributed by atoms with Gasteiger partial charge in [-0.3, -0.25) is 9.59 Å². The van der Waals surface area contributed by atoms with Crippen molar-refractivity contribution in [2.24, 2.45) is 11.3 Å². The highest BCUT2D eigenvalue weighted by Gasteiger charge is 2.44. The maximum atomic E-state index is 12.8. The Morgan fingerprint density at radius 3 is 2.32 bits per heavy atom. The summed E-state index contributed by atoms with van der Waals surface area (Å²) < 4.78 is 29.2. The van der Waals surface area contributed by atoms with E-state index in [4.69, 9.17) is 0 Å². The molecule has 2 saturated heterocycles. The minimum atomic E-state index is -2.85. The van der Waals surface area contributed by atoms with Crippen molar-refractivity contribution in [3.8, 4) is 5.75 Å². The van der Waals surface area contributed by atoms with E-state index in [1.807, 2.05) is 36.9 Å². The van der Waals surface area contributed by atoms with Crippen molar-refractivity contribution >= 4 is 24.2 Å². The van der Waals surface area contributed by atoms with E-state index in [1.54, 1.807) is 12.1 Å². The van der Waals surface area contributed by atoms with Crippen molar-refractivity contribution < 1.29 is 23.1 Å². The van der Waals surface area contributed by atoms with Gasteiger partial charge in [-0.05, 0) is 61.0 Å². The van der Waals surface area contributed by atoms with Gasteiger partial charge in [0.15, 0.2) is 0 Å². The molecule has 38 heavy (non-hydrogen) atoms. The van der Waals surface area contributed by atoms with Crippen LogP contribution in [0, 0.1) is 11.3 Å². The predicted molar refractivity (Wildman–Crippen MR) is 145 cm³/mol. The fourth-order valence-corrected chi connectivity index (χ4v) is 5.37. The second kappa shape index (κ2) is 13.4. The number of nitrogens with one attached hydrogen (secondary N) is 1. The number of carbonyl (C=O) groups excluding carboxylic acids is 2. The molecule has 208 valence electrons. The standard InChI is InChI=1S/C29H37F2N3O3.ClH/c1-21(2)27(36)32-25(23-6-4-3-5-7-23)12-15-33-16-13-29(14-17-33)18-26(35)34(20-29)19-22-8-10-24(11-9-22)37-28(30)31;/h3-11,21,25,28H,12-20H2,1-2H3,(H,32,36);1H/t25-;/m0./s1. The van der Waals surface area contributed by atoms with E-state index >= 15 is 0 Å². The van der Waals surface area contributed by atoms with Crippen LogP contribution in [0.2, 0.25) is 0 Å². The van der Waals surface area contributed by atoms with Crippen molar-refractivity contribution in [1.82, 2.24) is 15.1 Å². The normalized spacial score (nSPS) is 18.1. The Hall–Kier alpha value is -2.71. The van der Waals surface area contributed by atoms with E-state index in [9.17, 15) is 18.4 Å². The summed E-state index contributed by atoms with van der Waals surface area (Å²) >= 11 is 0. The Morgan fingerprint density at radius 1 is 1.05 bits per heavy atom. The van der Waals surface area contributed by atoms with E-state index in [1.165, 1.54) is 12.1 Å². The highest BCUT2D eigenvalue weighted by molar-refractivity contribution is 5.85. The van der Waals surface area contributed by atoms with Crippen LogP contribution in [0.5, 0.6) is 5.75 Å². The van der Waals surface area contributed by atoms with Crippen molar-refractivity contribution in [1.29, 1.82) is 0 Å². The number of hydrogen-bond acceptors (Lipinski definition) is 4. The lowest BCUT2D eigenvalue weighted by atomic mass is 9.77. The van der Waals surface area contributed by atoms with Gasteiger partial charge in [-0.2, -0.15) is 8.78 Å². The molecule has 1 N–H and O–H groups in total. The number of ether oxygens (including phenoxy) is 1. The summed E-state index contributed by atoms with van der Waals surface area (Å²) in [6, 6.07) is 16.6. The number of hydrogen-bond donors (Lipinski definition) is 1. The molecule has 0 saturated carbocycles. The van der Waals surface area contributed by atoms with Gasteiger partial charge < -0.3 is 19.9 Å². The molecule has 0 bridgehead atoms. The largest absolute Gasteiger partial charge is 0.435 e. The summed E-state index contributed by atoms with van der Waals surface area (Å²) in [5.41, 5.74) is 2.02. The van der Waals surface area contributed by atoms with Gasteiger partial charge in [0.2, 0.25) is 11.8 Å². The zero-order valence-electron chi connectivity index (χ0n) is 22.1. The molecular weight excluding hydrogens is 512 g/mol. The van der Waals surface area contributed by atoms with E-state index in [0.717, 1.165) is 56.6 Å². The summed E-state index contributed by atoms with van der Waals surface area (Å²) in [6.07, 6.45) is 3.33. The molecule has 2 aromatic rings. The van der Waals surface area contributed by atoms with Gasteiger partial charge in [0, 0.05) is 32.0 Å². The van der Waals surface area contributed by atoms with Gasteiger partial charge in [0.05, 0.1) is 6.04 Å². The Kier molecular flexibility index (Phi) is 10.5. The monoisotopic (exact) mass is 549 g/mol. The topological polar surface area (TPSA) is 61.9 Å². The maximum absolute atomic E-state index is 12.8. The molecule has 9 heteroatoms. The first kappa shape index (κ1) is 29.8. The Morgan fingerprint density at radius 2 is 1.71 bits per heavy atom. The smallest absolute Gasteiger partial charge is 0.387 e. The van der Waals surface area contributed by atoms with E-state index in [0.29, 0.717) is 13.0 Å². The van der Waals surface area contributed by atoms with Gasteiger partial charge in [-0.15, -0.1) is 12.4 Å². The molecule has 0 radical (unpaired) electrons. The second-order valence-corrected chi connectivity index (χ2v) is 10.7. The van der Waals surface area contributed by atoms with Crippen LogP contribution in [0.3, 0.4) is 0 Å². The highest BCUT2D eigenvalue weighted by Crippen LogP contribution is 2.41. The quantitative estimate of drug-likeness (QED) is 0.429. The minimum Gasteiger partial charge on any atom is -0.435 e. The Bertz CT molecular complexity index is 1040. The third kappa shape index (κ3) is 7.90. The molecule has 4 rings (SSSR count). The first-order valence-corrected chi connectivity index (χ1v) is 13.1. The molecule has 0 aromatic heterocycles. The lowest BCUT2D eigenvalue weighted by molar-refractivity contribution is -0.128. The minimum absolute atomic E-state index is 0.